The third-order valence-corrected chi connectivity index (χ3v) is 5.57. The fourth-order valence-electron chi connectivity index (χ4n) is 2.37. The molecule has 7 heteroatoms. The number of nitrogens with one attached hydrogen (secondary N) is 1. The summed E-state index contributed by atoms with van der Waals surface area (Å²) < 4.78 is 26.9. The van der Waals surface area contributed by atoms with Gasteiger partial charge >= 0.3 is 0 Å². The Kier molecular flexibility index (Phi) is 5.32. The summed E-state index contributed by atoms with van der Waals surface area (Å²) in [6, 6.07) is 20.0. The second-order valence-electron chi connectivity index (χ2n) is 5.45. The van der Waals surface area contributed by atoms with Gasteiger partial charge in [0.05, 0.1) is 15.5 Å². The summed E-state index contributed by atoms with van der Waals surface area (Å²) in [7, 11) is -4.02. The lowest BCUT2D eigenvalue weighted by Gasteiger charge is -2.09. The molecule has 1 N–H and O–H groups in total. The average Bonchev–Trinajstić information content (AvgIpc) is 2.62. The normalized spacial score (nSPS) is 11.2. The second-order valence-corrected chi connectivity index (χ2v) is 7.98. The van der Waals surface area contributed by atoms with Crippen LogP contribution in [0.1, 0.15) is 10.4 Å². The van der Waals surface area contributed by atoms with Crippen molar-refractivity contribution in [1.29, 1.82) is 0 Å². The molecule has 1 amide bonds. The molecular weight excluding hydrogens is 393 g/mol. The van der Waals surface area contributed by atoms with E-state index in [4.69, 9.17) is 23.2 Å². The van der Waals surface area contributed by atoms with Crippen molar-refractivity contribution in [3.63, 3.8) is 0 Å². The van der Waals surface area contributed by atoms with Crippen molar-refractivity contribution in [1.82, 2.24) is 4.72 Å². The van der Waals surface area contributed by atoms with Gasteiger partial charge in [-0.15, -0.1) is 0 Å². The molecular formula is C19H13Cl2NO3S. The molecule has 132 valence electrons. The molecule has 26 heavy (non-hydrogen) atoms. The Balaban J connectivity index is 1.83. The highest BCUT2D eigenvalue weighted by molar-refractivity contribution is 7.90. The molecule has 0 radical (unpaired) electrons. The van der Waals surface area contributed by atoms with Gasteiger partial charge in [0.15, 0.2) is 0 Å². The summed E-state index contributed by atoms with van der Waals surface area (Å²) >= 11 is 11.7. The quantitative estimate of drug-likeness (QED) is 0.678. The van der Waals surface area contributed by atoms with Gasteiger partial charge in [0, 0.05) is 5.02 Å². The highest BCUT2D eigenvalue weighted by Gasteiger charge is 2.20. The van der Waals surface area contributed by atoms with Gasteiger partial charge in [0.2, 0.25) is 0 Å². The summed E-state index contributed by atoms with van der Waals surface area (Å²) in [5.74, 6) is -0.821. The van der Waals surface area contributed by atoms with Crippen molar-refractivity contribution in [3.05, 3.63) is 88.4 Å². The molecule has 0 aliphatic carbocycles. The van der Waals surface area contributed by atoms with E-state index in [1.165, 1.54) is 30.3 Å². The van der Waals surface area contributed by atoms with Crippen LogP contribution in [0.25, 0.3) is 11.1 Å². The molecule has 0 saturated carbocycles. The number of hydrogen-bond acceptors (Lipinski definition) is 3. The topological polar surface area (TPSA) is 63.2 Å². The first-order chi connectivity index (χ1) is 12.4. The number of hydrogen-bond donors (Lipinski definition) is 1. The summed E-state index contributed by atoms with van der Waals surface area (Å²) in [6.07, 6.45) is 0. The molecule has 3 aromatic rings. The van der Waals surface area contributed by atoms with E-state index in [2.05, 4.69) is 0 Å². The van der Waals surface area contributed by atoms with Crippen LogP contribution in [-0.2, 0) is 10.0 Å². The summed E-state index contributed by atoms with van der Waals surface area (Å²) in [5.41, 5.74) is 1.87. The number of amides is 1. The maximum atomic E-state index is 12.4. The van der Waals surface area contributed by atoms with E-state index >= 15 is 0 Å². The van der Waals surface area contributed by atoms with Crippen LogP contribution in [0.5, 0.6) is 0 Å². The first-order valence-electron chi connectivity index (χ1n) is 7.54. The standard InChI is InChI=1S/C19H13Cl2NO3S/c20-15-8-11-17(18(21)12-15)19(23)22-26(24,25)16-9-6-14(7-10-16)13-4-2-1-3-5-13/h1-12H,(H,22,23). The largest absolute Gasteiger partial charge is 0.268 e. The predicted octanol–water partition coefficient (Wildman–Crippen LogP) is 4.78. The van der Waals surface area contributed by atoms with Crippen LogP contribution in [-0.4, -0.2) is 14.3 Å². The molecule has 3 aromatic carbocycles. The molecule has 0 aliphatic rings. The van der Waals surface area contributed by atoms with Crippen LogP contribution in [0.2, 0.25) is 10.0 Å². The molecule has 0 aliphatic heterocycles. The number of carbonyl (C=O) groups excluding carboxylic acids is 1. The minimum Gasteiger partial charge on any atom is -0.268 e. The van der Waals surface area contributed by atoms with E-state index in [1.807, 2.05) is 35.1 Å². The number of sulfonamides is 1. The first kappa shape index (κ1) is 18.5. The minimum absolute atomic E-state index is 0.0179. The molecule has 0 heterocycles. The summed E-state index contributed by atoms with van der Waals surface area (Å²) in [6.45, 7) is 0. The Morgan fingerprint density at radius 1 is 0.808 bits per heavy atom. The van der Waals surface area contributed by atoms with E-state index in [0.29, 0.717) is 5.02 Å². The average molecular weight is 406 g/mol. The lowest BCUT2D eigenvalue weighted by molar-refractivity contribution is 0.0981. The Bertz CT molecular complexity index is 1050. The summed E-state index contributed by atoms with van der Waals surface area (Å²) in [5, 5.41) is 0.426. The Hall–Kier alpha value is -2.34. The number of halogens is 2. The maximum Gasteiger partial charge on any atom is 0.266 e. The molecule has 0 saturated heterocycles. The van der Waals surface area contributed by atoms with E-state index in [0.717, 1.165) is 11.1 Å². The molecule has 0 bridgehead atoms. The highest BCUT2D eigenvalue weighted by Crippen LogP contribution is 2.23. The van der Waals surface area contributed by atoms with Crippen molar-refractivity contribution in [3.8, 4) is 11.1 Å². The molecule has 0 unspecified atom stereocenters. The van der Waals surface area contributed by atoms with Crippen LogP contribution in [0.3, 0.4) is 0 Å². The Morgan fingerprint density at radius 2 is 1.42 bits per heavy atom. The van der Waals surface area contributed by atoms with Gasteiger partial charge < -0.3 is 0 Å². The predicted molar refractivity (Wildman–Crippen MR) is 103 cm³/mol. The first-order valence-corrected chi connectivity index (χ1v) is 9.78. The molecule has 0 fully saturated rings. The summed E-state index contributed by atoms with van der Waals surface area (Å²) in [4.78, 5) is 12.2. The zero-order valence-corrected chi connectivity index (χ0v) is 15.6. The van der Waals surface area contributed by atoms with Gasteiger partial charge in [-0.05, 0) is 41.5 Å². The van der Waals surface area contributed by atoms with E-state index in [1.54, 1.807) is 12.1 Å². The maximum absolute atomic E-state index is 12.4. The van der Waals surface area contributed by atoms with Crippen molar-refractivity contribution < 1.29 is 13.2 Å². The SMILES string of the molecule is O=C(NS(=O)(=O)c1ccc(-c2ccccc2)cc1)c1ccc(Cl)cc1Cl. The van der Waals surface area contributed by atoms with Crippen molar-refractivity contribution in [2.45, 2.75) is 4.90 Å². The fraction of sp³-hybridized carbons (Fsp3) is 0. The molecule has 4 nitrogen and oxygen atoms in total. The highest BCUT2D eigenvalue weighted by atomic mass is 35.5. The monoisotopic (exact) mass is 405 g/mol. The third kappa shape index (κ3) is 4.07. The zero-order chi connectivity index (χ0) is 18.7. The molecule has 0 spiro atoms. The van der Waals surface area contributed by atoms with Gasteiger partial charge in [-0.2, -0.15) is 0 Å². The van der Waals surface area contributed by atoms with Crippen molar-refractivity contribution in [2.75, 3.05) is 0 Å². The van der Waals surface area contributed by atoms with E-state index < -0.39 is 15.9 Å². The van der Waals surface area contributed by atoms with Gasteiger partial charge in [-0.25, -0.2) is 13.1 Å². The van der Waals surface area contributed by atoms with Crippen LogP contribution < -0.4 is 4.72 Å². The van der Waals surface area contributed by atoms with Crippen LogP contribution in [0.4, 0.5) is 0 Å². The van der Waals surface area contributed by atoms with Crippen LogP contribution in [0, 0.1) is 0 Å². The molecule has 0 atom stereocenters. The van der Waals surface area contributed by atoms with Gasteiger partial charge in [-0.1, -0.05) is 65.7 Å². The lowest BCUT2D eigenvalue weighted by Crippen LogP contribution is -2.30. The number of carbonyl (C=O) groups is 1. The minimum atomic E-state index is -4.02. The number of rotatable bonds is 4. The second kappa shape index (κ2) is 7.50. The van der Waals surface area contributed by atoms with Crippen molar-refractivity contribution >= 4 is 39.1 Å². The van der Waals surface area contributed by atoms with Gasteiger partial charge in [-0.3, -0.25) is 4.79 Å². The van der Waals surface area contributed by atoms with Gasteiger partial charge in [0.1, 0.15) is 0 Å². The van der Waals surface area contributed by atoms with Gasteiger partial charge in [0.25, 0.3) is 15.9 Å². The lowest BCUT2D eigenvalue weighted by atomic mass is 10.1. The zero-order valence-electron chi connectivity index (χ0n) is 13.3. The Morgan fingerprint density at radius 3 is 2.04 bits per heavy atom. The smallest absolute Gasteiger partial charge is 0.266 e. The van der Waals surface area contributed by atoms with Crippen LogP contribution in [0.15, 0.2) is 77.7 Å². The Labute approximate surface area is 161 Å². The van der Waals surface area contributed by atoms with E-state index in [-0.39, 0.29) is 15.5 Å². The molecule has 0 aromatic heterocycles. The number of benzene rings is 3. The van der Waals surface area contributed by atoms with Crippen molar-refractivity contribution in [2.24, 2.45) is 0 Å². The van der Waals surface area contributed by atoms with E-state index in [9.17, 15) is 13.2 Å². The fourth-order valence-corrected chi connectivity index (χ4v) is 3.83. The third-order valence-electron chi connectivity index (χ3n) is 3.67. The van der Waals surface area contributed by atoms with Crippen LogP contribution >= 0.6 is 23.2 Å². The molecule has 3 rings (SSSR count).